The summed E-state index contributed by atoms with van der Waals surface area (Å²) in [5.41, 5.74) is 3.75. The Morgan fingerprint density at radius 1 is 1.04 bits per heavy atom. The summed E-state index contributed by atoms with van der Waals surface area (Å²) in [5.74, 6) is 1.22. The van der Waals surface area contributed by atoms with E-state index in [1.54, 1.807) is 6.07 Å². The highest BCUT2D eigenvalue weighted by Crippen LogP contribution is 2.21. The summed E-state index contributed by atoms with van der Waals surface area (Å²) < 4.78 is 0. The van der Waals surface area contributed by atoms with E-state index in [1.165, 1.54) is 5.56 Å². The van der Waals surface area contributed by atoms with Gasteiger partial charge in [-0.3, -0.25) is 4.79 Å². The predicted molar refractivity (Wildman–Crippen MR) is 99.4 cm³/mol. The number of carbonyl (C=O) groups is 1. The molecule has 1 aliphatic rings. The molecule has 1 fully saturated rings. The van der Waals surface area contributed by atoms with Crippen LogP contribution in [0.2, 0.25) is 0 Å². The van der Waals surface area contributed by atoms with Crippen LogP contribution >= 0.6 is 0 Å². The number of carbonyl (C=O) groups excluding carboxylic acids is 1. The van der Waals surface area contributed by atoms with Gasteiger partial charge in [0.05, 0.1) is 0 Å². The van der Waals surface area contributed by atoms with Crippen molar-refractivity contribution < 1.29 is 4.79 Å². The lowest BCUT2D eigenvalue weighted by atomic mass is 10.1. The van der Waals surface area contributed by atoms with E-state index >= 15 is 0 Å². The Morgan fingerprint density at radius 2 is 1.76 bits per heavy atom. The van der Waals surface area contributed by atoms with Gasteiger partial charge in [0.25, 0.3) is 5.91 Å². The van der Waals surface area contributed by atoms with E-state index in [9.17, 15) is 4.79 Å². The summed E-state index contributed by atoms with van der Waals surface area (Å²) in [6.07, 6.45) is 0. The highest BCUT2D eigenvalue weighted by atomic mass is 16.2. The lowest BCUT2D eigenvalue weighted by Crippen LogP contribution is -2.47. The van der Waals surface area contributed by atoms with Crippen molar-refractivity contribution in [3.63, 3.8) is 0 Å². The van der Waals surface area contributed by atoms with Crippen LogP contribution in [0.3, 0.4) is 0 Å². The standard InChI is InChI=1S/C19H25N5O/c1-13-5-6-14(2)16(11-13)22-18-12-17(20-15(3)21-18)19(25)24-9-7-23(4)8-10-24/h5-6,11-12H,7-10H2,1-4H3,(H,20,21,22). The fourth-order valence-electron chi connectivity index (χ4n) is 2.92. The van der Waals surface area contributed by atoms with Crippen molar-refractivity contribution in [3.05, 3.63) is 46.9 Å². The van der Waals surface area contributed by atoms with Crippen LogP contribution in [0.4, 0.5) is 11.5 Å². The number of benzene rings is 1. The molecule has 1 N–H and O–H groups in total. The quantitative estimate of drug-likeness (QED) is 0.931. The van der Waals surface area contributed by atoms with Gasteiger partial charge in [-0.25, -0.2) is 9.97 Å². The first kappa shape index (κ1) is 17.4. The van der Waals surface area contributed by atoms with Crippen LogP contribution in [0, 0.1) is 20.8 Å². The van der Waals surface area contributed by atoms with Crippen LogP contribution in [0.25, 0.3) is 0 Å². The molecule has 6 heteroatoms. The minimum atomic E-state index is -0.0254. The Morgan fingerprint density at radius 3 is 2.48 bits per heavy atom. The molecule has 2 heterocycles. The first-order valence-electron chi connectivity index (χ1n) is 8.60. The average molecular weight is 339 g/mol. The zero-order valence-corrected chi connectivity index (χ0v) is 15.3. The molecule has 0 unspecified atom stereocenters. The highest BCUT2D eigenvalue weighted by molar-refractivity contribution is 5.93. The van der Waals surface area contributed by atoms with Crippen molar-refractivity contribution in [1.29, 1.82) is 0 Å². The summed E-state index contributed by atoms with van der Waals surface area (Å²) in [6.45, 7) is 9.17. The maximum Gasteiger partial charge on any atom is 0.272 e. The van der Waals surface area contributed by atoms with Gasteiger partial charge in [-0.1, -0.05) is 12.1 Å². The van der Waals surface area contributed by atoms with Crippen molar-refractivity contribution in [2.24, 2.45) is 0 Å². The van der Waals surface area contributed by atoms with E-state index in [4.69, 9.17) is 0 Å². The van der Waals surface area contributed by atoms with Crippen molar-refractivity contribution in [2.45, 2.75) is 20.8 Å². The van der Waals surface area contributed by atoms with Gasteiger partial charge >= 0.3 is 0 Å². The van der Waals surface area contributed by atoms with Crippen molar-refractivity contribution >= 4 is 17.4 Å². The molecule has 0 bridgehead atoms. The second-order valence-electron chi connectivity index (χ2n) is 6.72. The molecule has 1 aromatic carbocycles. The third kappa shape index (κ3) is 4.14. The lowest BCUT2D eigenvalue weighted by molar-refractivity contribution is 0.0658. The van der Waals surface area contributed by atoms with Gasteiger partial charge in [-0.05, 0) is 45.0 Å². The molecule has 3 rings (SSSR count). The molecule has 1 amide bonds. The molecule has 0 aliphatic carbocycles. The minimum Gasteiger partial charge on any atom is -0.340 e. The number of hydrogen-bond donors (Lipinski definition) is 1. The topological polar surface area (TPSA) is 61.4 Å². The number of amides is 1. The molecular weight excluding hydrogens is 314 g/mol. The molecular formula is C19H25N5O. The molecule has 1 saturated heterocycles. The Hall–Kier alpha value is -2.47. The monoisotopic (exact) mass is 339 g/mol. The van der Waals surface area contributed by atoms with Gasteiger partial charge in [0.15, 0.2) is 0 Å². The van der Waals surface area contributed by atoms with Gasteiger partial charge < -0.3 is 15.1 Å². The van der Waals surface area contributed by atoms with Gasteiger partial charge in [0.1, 0.15) is 17.3 Å². The number of nitrogens with zero attached hydrogens (tertiary/aromatic N) is 4. The second-order valence-corrected chi connectivity index (χ2v) is 6.72. The van der Waals surface area contributed by atoms with Crippen molar-refractivity contribution in [2.75, 3.05) is 38.5 Å². The molecule has 0 saturated carbocycles. The van der Waals surface area contributed by atoms with E-state index in [0.29, 0.717) is 17.3 Å². The summed E-state index contributed by atoms with van der Waals surface area (Å²) >= 11 is 0. The lowest BCUT2D eigenvalue weighted by Gasteiger charge is -2.32. The van der Waals surface area contributed by atoms with E-state index in [1.807, 2.05) is 18.7 Å². The minimum absolute atomic E-state index is 0.0254. The van der Waals surface area contributed by atoms with Crippen LogP contribution in [0.15, 0.2) is 24.3 Å². The summed E-state index contributed by atoms with van der Waals surface area (Å²) in [6, 6.07) is 7.97. The van der Waals surface area contributed by atoms with E-state index < -0.39 is 0 Å². The van der Waals surface area contributed by atoms with E-state index in [0.717, 1.165) is 37.4 Å². The normalized spacial score (nSPS) is 15.3. The smallest absolute Gasteiger partial charge is 0.272 e. The Labute approximate surface area is 148 Å². The number of aryl methyl sites for hydroxylation is 3. The fraction of sp³-hybridized carbons (Fsp3) is 0.421. The maximum atomic E-state index is 12.8. The van der Waals surface area contributed by atoms with Crippen LogP contribution in [-0.4, -0.2) is 58.9 Å². The van der Waals surface area contributed by atoms with E-state index in [2.05, 4.69) is 52.4 Å². The Balaban J connectivity index is 1.83. The van der Waals surface area contributed by atoms with Gasteiger partial charge in [0, 0.05) is 37.9 Å². The van der Waals surface area contributed by atoms with Gasteiger partial charge in [-0.2, -0.15) is 0 Å². The number of piperazine rings is 1. The first-order chi connectivity index (χ1) is 11.9. The maximum absolute atomic E-state index is 12.8. The number of anilines is 2. The fourth-order valence-corrected chi connectivity index (χ4v) is 2.92. The average Bonchev–Trinajstić information content (AvgIpc) is 2.58. The summed E-state index contributed by atoms with van der Waals surface area (Å²) in [7, 11) is 2.07. The number of nitrogens with one attached hydrogen (secondary N) is 1. The second kappa shape index (κ2) is 7.19. The Bertz CT molecular complexity index is 781. The zero-order chi connectivity index (χ0) is 18.0. The van der Waals surface area contributed by atoms with Gasteiger partial charge in [0.2, 0.25) is 0 Å². The largest absolute Gasteiger partial charge is 0.340 e. The third-order valence-corrected chi connectivity index (χ3v) is 4.50. The van der Waals surface area contributed by atoms with Crippen molar-refractivity contribution in [3.8, 4) is 0 Å². The van der Waals surface area contributed by atoms with Crippen LogP contribution in [-0.2, 0) is 0 Å². The Kier molecular flexibility index (Phi) is 4.99. The van der Waals surface area contributed by atoms with Crippen LogP contribution in [0.1, 0.15) is 27.4 Å². The van der Waals surface area contributed by atoms with E-state index in [-0.39, 0.29) is 5.91 Å². The van der Waals surface area contributed by atoms with Crippen molar-refractivity contribution in [1.82, 2.24) is 19.8 Å². The van der Waals surface area contributed by atoms with Crippen LogP contribution in [0.5, 0.6) is 0 Å². The predicted octanol–water partition coefficient (Wildman–Crippen LogP) is 2.53. The number of hydrogen-bond acceptors (Lipinski definition) is 5. The number of likely N-dealkylation sites (N-methyl/N-ethyl adjacent to an activating group) is 1. The third-order valence-electron chi connectivity index (χ3n) is 4.50. The molecule has 6 nitrogen and oxygen atoms in total. The molecule has 0 radical (unpaired) electrons. The molecule has 0 atom stereocenters. The molecule has 25 heavy (non-hydrogen) atoms. The number of aromatic nitrogens is 2. The SMILES string of the molecule is Cc1ccc(C)c(Nc2cc(C(=O)N3CCN(C)CC3)nc(C)n2)c1. The zero-order valence-electron chi connectivity index (χ0n) is 15.3. The first-order valence-corrected chi connectivity index (χ1v) is 8.60. The molecule has 0 spiro atoms. The highest BCUT2D eigenvalue weighted by Gasteiger charge is 2.22. The summed E-state index contributed by atoms with van der Waals surface area (Å²) in [4.78, 5) is 25.7. The summed E-state index contributed by atoms with van der Waals surface area (Å²) in [5, 5.41) is 3.33. The molecule has 132 valence electrons. The number of rotatable bonds is 3. The van der Waals surface area contributed by atoms with Gasteiger partial charge in [-0.15, -0.1) is 0 Å². The molecule has 1 aromatic heterocycles. The molecule has 1 aliphatic heterocycles. The molecule has 2 aromatic rings. The van der Waals surface area contributed by atoms with Crippen LogP contribution < -0.4 is 5.32 Å².